The van der Waals surface area contributed by atoms with E-state index >= 15 is 8.78 Å². The fourth-order valence-electron chi connectivity index (χ4n) is 5.66. The molecule has 1 aliphatic rings. The summed E-state index contributed by atoms with van der Waals surface area (Å²) < 4.78 is 65.9. The van der Waals surface area contributed by atoms with E-state index in [2.05, 4.69) is 27.3 Å². The number of aromatic nitrogens is 4. The van der Waals surface area contributed by atoms with Crippen molar-refractivity contribution in [1.82, 2.24) is 19.6 Å². The molecule has 1 aromatic carbocycles. The summed E-state index contributed by atoms with van der Waals surface area (Å²) in [5.74, 6) is -0.992. The standard InChI is InChI=1S/C30H36F2N6O4S/c1-17(2)42-21-13-23(31)28(24(32)14-21)26-6-5-20-15-35-30(38(20)37-26)36-27-16-34-8-7-22(27)19-11-18(3)29(25(33)12-19)41-9-10-43(4,39)40/h5-8,13-19,25,29H,9-12,33H2,1-4H3,(H,35,36). The van der Waals surface area contributed by atoms with Crippen LogP contribution in [0, 0.1) is 17.6 Å². The van der Waals surface area contributed by atoms with Crippen molar-refractivity contribution >= 4 is 27.0 Å². The first-order valence-corrected chi connectivity index (χ1v) is 16.2. The molecule has 3 aromatic heterocycles. The van der Waals surface area contributed by atoms with E-state index in [9.17, 15) is 8.42 Å². The van der Waals surface area contributed by atoms with Crippen LogP contribution in [-0.4, -0.2) is 64.9 Å². The van der Waals surface area contributed by atoms with Crippen molar-refractivity contribution in [3.63, 3.8) is 0 Å². The Bertz CT molecular complexity index is 1680. The largest absolute Gasteiger partial charge is 0.491 e. The number of fused-ring (bicyclic) bond motifs is 1. The number of nitrogens with one attached hydrogen (secondary N) is 1. The van der Waals surface area contributed by atoms with E-state index in [1.165, 1.54) is 10.8 Å². The Hall–Kier alpha value is -3.68. The number of halogens is 2. The zero-order valence-corrected chi connectivity index (χ0v) is 25.3. The molecule has 230 valence electrons. The molecule has 0 aliphatic heterocycles. The zero-order chi connectivity index (χ0) is 30.9. The van der Waals surface area contributed by atoms with Crippen LogP contribution in [0.1, 0.15) is 45.1 Å². The van der Waals surface area contributed by atoms with Crippen molar-refractivity contribution in [2.75, 3.05) is 23.9 Å². The molecule has 3 heterocycles. The van der Waals surface area contributed by atoms with Crippen molar-refractivity contribution in [3.05, 3.63) is 66.1 Å². The minimum Gasteiger partial charge on any atom is -0.491 e. The van der Waals surface area contributed by atoms with E-state index in [1.807, 2.05) is 6.07 Å². The van der Waals surface area contributed by atoms with Gasteiger partial charge in [0.2, 0.25) is 5.95 Å². The van der Waals surface area contributed by atoms with Gasteiger partial charge in [-0.15, -0.1) is 0 Å². The molecular formula is C30H36F2N6O4S. The Balaban J connectivity index is 1.38. The van der Waals surface area contributed by atoms with E-state index in [0.29, 0.717) is 23.6 Å². The number of pyridine rings is 1. The number of rotatable bonds is 10. The maximum absolute atomic E-state index is 15.0. The average molecular weight is 615 g/mol. The molecule has 4 unspecified atom stereocenters. The third kappa shape index (κ3) is 7.11. The number of hydrogen-bond donors (Lipinski definition) is 2. The summed E-state index contributed by atoms with van der Waals surface area (Å²) in [6, 6.07) is 7.17. The molecule has 0 radical (unpaired) electrons. The van der Waals surface area contributed by atoms with Crippen LogP contribution in [0.2, 0.25) is 0 Å². The minimum absolute atomic E-state index is 0.0457. The molecule has 13 heteroatoms. The number of benzene rings is 1. The van der Waals surface area contributed by atoms with E-state index in [4.69, 9.17) is 15.2 Å². The lowest BCUT2D eigenvalue weighted by molar-refractivity contribution is -0.0152. The molecule has 1 fully saturated rings. The summed E-state index contributed by atoms with van der Waals surface area (Å²) in [4.78, 5) is 8.75. The van der Waals surface area contributed by atoms with Crippen molar-refractivity contribution in [2.24, 2.45) is 11.7 Å². The maximum Gasteiger partial charge on any atom is 0.229 e. The highest BCUT2D eigenvalue weighted by Gasteiger charge is 2.36. The van der Waals surface area contributed by atoms with Crippen LogP contribution in [0.4, 0.5) is 20.4 Å². The summed E-state index contributed by atoms with van der Waals surface area (Å²) in [6.07, 6.45) is 7.12. The number of nitrogens with zero attached hydrogens (tertiary/aromatic N) is 4. The summed E-state index contributed by atoms with van der Waals surface area (Å²) >= 11 is 0. The second kappa shape index (κ2) is 12.5. The topological polar surface area (TPSA) is 134 Å². The van der Waals surface area contributed by atoms with Gasteiger partial charge in [-0.25, -0.2) is 22.2 Å². The second-order valence-electron chi connectivity index (χ2n) is 11.4. The molecule has 1 saturated carbocycles. The van der Waals surface area contributed by atoms with Gasteiger partial charge in [0.25, 0.3) is 0 Å². The Labute approximate surface area is 249 Å². The molecule has 4 atom stereocenters. The summed E-state index contributed by atoms with van der Waals surface area (Å²) in [6.45, 7) is 5.72. The zero-order valence-electron chi connectivity index (χ0n) is 24.5. The van der Waals surface area contributed by atoms with Crippen LogP contribution in [0.3, 0.4) is 0 Å². The number of nitrogens with two attached hydrogens (primary N) is 1. The van der Waals surface area contributed by atoms with Gasteiger partial charge in [0, 0.05) is 30.6 Å². The van der Waals surface area contributed by atoms with E-state index < -0.39 is 21.5 Å². The van der Waals surface area contributed by atoms with E-state index in [1.54, 1.807) is 44.6 Å². The molecule has 0 amide bonds. The Kier molecular flexibility index (Phi) is 8.95. The predicted octanol–water partition coefficient (Wildman–Crippen LogP) is 4.87. The Morgan fingerprint density at radius 2 is 1.88 bits per heavy atom. The third-order valence-corrected chi connectivity index (χ3v) is 8.44. The molecule has 10 nitrogen and oxygen atoms in total. The molecule has 0 spiro atoms. The van der Waals surface area contributed by atoms with Crippen LogP contribution >= 0.6 is 0 Å². The molecular weight excluding hydrogens is 578 g/mol. The van der Waals surface area contributed by atoms with Gasteiger partial charge in [-0.3, -0.25) is 4.98 Å². The lowest BCUT2D eigenvalue weighted by atomic mass is 9.74. The number of imidazole rings is 1. The van der Waals surface area contributed by atoms with Gasteiger partial charge >= 0.3 is 0 Å². The third-order valence-electron chi connectivity index (χ3n) is 7.53. The van der Waals surface area contributed by atoms with Crippen LogP contribution in [0.25, 0.3) is 16.8 Å². The summed E-state index contributed by atoms with van der Waals surface area (Å²) in [5, 5.41) is 7.81. The number of hydrogen-bond acceptors (Lipinski definition) is 9. The number of ether oxygens (including phenoxy) is 2. The highest BCUT2D eigenvalue weighted by molar-refractivity contribution is 7.90. The minimum atomic E-state index is -3.12. The van der Waals surface area contributed by atoms with Gasteiger partial charge < -0.3 is 20.5 Å². The summed E-state index contributed by atoms with van der Waals surface area (Å²) in [7, 11) is -3.12. The number of sulfone groups is 1. The fraction of sp³-hybridized carbons (Fsp3) is 0.433. The normalized spacial score (nSPS) is 20.9. The number of anilines is 2. The second-order valence-corrected chi connectivity index (χ2v) is 13.7. The van der Waals surface area contributed by atoms with Crippen LogP contribution in [-0.2, 0) is 14.6 Å². The fourth-order valence-corrected chi connectivity index (χ4v) is 6.06. The molecule has 1 aliphatic carbocycles. The van der Waals surface area contributed by atoms with Gasteiger partial charge in [-0.2, -0.15) is 9.61 Å². The van der Waals surface area contributed by atoms with Crippen molar-refractivity contribution in [3.8, 4) is 17.0 Å². The quantitative estimate of drug-likeness (QED) is 0.257. The smallest absolute Gasteiger partial charge is 0.229 e. The molecule has 0 saturated heterocycles. The van der Waals surface area contributed by atoms with Crippen LogP contribution in [0.5, 0.6) is 5.75 Å². The average Bonchev–Trinajstić information content (AvgIpc) is 3.31. The SMILES string of the molecule is CC(C)Oc1cc(F)c(-c2ccc3cnc(Nc4cnccc4C4CC(C)C(OCCS(C)(=O)=O)C(N)C4)n3n2)c(F)c1. The lowest BCUT2D eigenvalue weighted by Gasteiger charge is -2.39. The first kappa shape index (κ1) is 30.8. The van der Waals surface area contributed by atoms with Gasteiger partial charge in [-0.1, -0.05) is 6.92 Å². The molecule has 4 aromatic rings. The van der Waals surface area contributed by atoms with E-state index in [-0.39, 0.29) is 59.5 Å². The van der Waals surface area contributed by atoms with Crippen molar-refractivity contribution < 1.29 is 26.7 Å². The van der Waals surface area contributed by atoms with Gasteiger partial charge in [0.05, 0.1) is 59.4 Å². The first-order valence-electron chi connectivity index (χ1n) is 14.2. The van der Waals surface area contributed by atoms with E-state index in [0.717, 1.165) is 24.1 Å². The molecule has 5 rings (SSSR count). The monoisotopic (exact) mass is 614 g/mol. The van der Waals surface area contributed by atoms with Crippen molar-refractivity contribution in [1.29, 1.82) is 0 Å². The van der Waals surface area contributed by atoms with Crippen LogP contribution in [0.15, 0.2) is 48.9 Å². The van der Waals surface area contributed by atoms with Crippen LogP contribution < -0.4 is 15.8 Å². The molecule has 0 bridgehead atoms. The molecule has 3 N–H and O–H groups in total. The molecule has 43 heavy (non-hydrogen) atoms. The van der Waals surface area contributed by atoms with Gasteiger partial charge in [0.15, 0.2) is 0 Å². The van der Waals surface area contributed by atoms with Gasteiger partial charge in [0.1, 0.15) is 27.2 Å². The first-order chi connectivity index (χ1) is 20.4. The highest BCUT2D eigenvalue weighted by atomic mass is 32.2. The maximum atomic E-state index is 15.0. The highest BCUT2D eigenvalue weighted by Crippen LogP contribution is 2.40. The summed E-state index contributed by atoms with van der Waals surface area (Å²) in [5.41, 5.74) is 8.68. The Morgan fingerprint density at radius 3 is 2.56 bits per heavy atom. The van der Waals surface area contributed by atoms with Gasteiger partial charge in [-0.05, 0) is 62.3 Å². The van der Waals surface area contributed by atoms with Crippen molar-refractivity contribution in [2.45, 2.75) is 57.8 Å². The predicted molar refractivity (Wildman–Crippen MR) is 160 cm³/mol. The lowest BCUT2D eigenvalue weighted by Crippen LogP contribution is -2.47. The Morgan fingerprint density at radius 1 is 1.14 bits per heavy atom.